The Bertz CT molecular complexity index is 552. The van der Waals surface area contributed by atoms with Gasteiger partial charge in [0.25, 0.3) is 0 Å². The van der Waals surface area contributed by atoms with E-state index in [-0.39, 0.29) is 11.5 Å². The highest BCUT2D eigenvalue weighted by atomic mass is 16.1. The van der Waals surface area contributed by atoms with Crippen LogP contribution < -0.4 is 17.2 Å². The van der Waals surface area contributed by atoms with E-state index in [2.05, 4.69) is 16.7 Å². The molecule has 0 unspecified atom stereocenters. The van der Waals surface area contributed by atoms with E-state index in [1.807, 2.05) is 0 Å². The molecule has 96 valence electrons. The van der Waals surface area contributed by atoms with Gasteiger partial charge >= 0.3 is 0 Å². The number of nitrogens with two attached hydrogens (primary N) is 3. The normalized spacial score (nSPS) is 12.0. The van der Waals surface area contributed by atoms with Crippen LogP contribution in [0.4, 0.5) is 11.5 Å². The van der Waals surface area contributed by atoms with Gasteiger partial charge in [-0.1, -0.05) is 6.58 Å². The quantitative estimate of drug-likeness (QED) is 0.389. The Hall–Kier alpha value is -2.57. The summed E-state index contributed by atoms with van der Waals surface area (Å²) in [5.74, 6) is 0.120. The third kappa shape index (κ3) is 2.97. The summed E-state index contributed by atoms with van der Waals surface area (Å²) >= 11 is 0. The summed E-state index contributed by atoms with van der Waals surface area (Å²) in [5, 5.41) is 4.09. The molecule has 0 spiro atoms. The van der Waals surface area contributed by atoms with Crippen LogP contribution in [0.15, 0.2) is 29.4 Å². The lowest BCUT2D eigenvalue weighted by atomic mass is 10.3. The van der Waals surface area contributed by atoms with Crippen LogP contribution >= 0.6 is 0 Å². The molecule has 0 aliphatic rings. The van der Waals surface area contributed by atoms with Crippen LogP contribution in [0.25, 0.3) is 0 Å². The molecule has 0 amide bonds. The van der Waals surface area contributed by atoms with Gasteiger partial charge in [-0.2, -0.15) is 5.10 Å². The monoisotopic (exact) mass is 248 g/mol. The third-order valence-electron chi connectivity index (χ3n) is 2.20. The number of nitrogens with zero attached hydrogens (tertiary/aromatic N) is 3. The lowest BCUT2D eigenvalue weighted by Crippen LogP contribution is -2.11. The van der Waals surface area contributed by atoms with Crippen molar-refractivity contribution in [2.24, 2.45) is 23.5 Å². The summed E-state index contributed by atoms with van der Waals surface area (Å²) in [7, 11) is 1.70. The van der Waals surface area contributed by atoms with Crippen LogP contribution in [0.5, 0.6) is 0 Å². The predicted molar refractivity (Wildman–Crippen MR) is 71.1 cm³/mol. The molecule has 1 rings (SSSR count). The van der Waals surface area contributed by atoms with Gasteiger partial charge in [0.1, 0.15) is 17.3 Å². The summed E-state index contributed by atoms with van der Waals surface area (Å²) in [5.41, 5.74) is 17.7. The van der Waals surface area contributed by atoms with E-state index in [0.717, 1.165) is 0 Å². The molecular formula is C11H16N6O. The minimum atomic E-state index is -0.413. The van der Waals surface area contributed by atoms with E-state index in [1.165, 1.54) is 16.8 Å². The highest BCUT2D eigenvalue weighted by molar-refractivity contribution is 6.07. The first-order chi connectivity index (χ1) is 8.32. The lowest BCUT2D eigenvalue weighted by Gasteiger charge is -1.96. The van der Waals surface area contributed by atoms with E-state index < -0.39 is 5.78 Å². The lowest BCUT2D eigenvalue weighted by molar-refractivity contribution is -0.111. The Morgan fingerprint density at radius 1 is 1.44 bits per heavy atom. The van der Waals surface area contributed by atoms with Crippen molar-refractivity contribution in [2.75, 3.05) is 5.73 Å². The van der Waals surface area contributed by atoms with Crippen molar-refractivity contribution in [1.82, 2.24) is 9.78 Å². The maximum atomic E-state index is 11.2. The Labute approximate surface area is 105 Å². The number of hydrogen-bond donors (Lipinski definition) is 3. The second-order valence-electron chi connectivity index (χ2n) is 3.70. The number of allylic oxidation sites excluding steroid dienone is 1. The van der Waals surface area contributed by atoms with Gasteiger partial charge in [-0.05, 0) is 19.1 Å². The molecule has 0 aromatic carbocycles. The standard InChI is InChI=1S/C11H16N6O/c1-6(12)8(18)4-5-9(13)15-10-7(2)16-17(3)11(10)14/h4-5H,1,12,14H2,2-3H3,(H2,13,15)/b5-4-. The van der Waals surface area contributed by atoms with E-state index in [1.54, 1.807) is 14.0 Å². The Balaban J connectivity index is 2.96. The van der Waals surface area contributed by atoms with Crippen LogP contribution in [0.3, 0.4) is 0 Å². The molecule has 1 heterocycles. The number of ketones is 1. The molecule has 0 saturated heterocycles. The van der Waals surface area contributed by atoms with Gasteiger partial charge in [-0.15, -0.1) is 0 Å². The number of carbonyl (C=O) groups excluding carboxylic acids is 1. The van der Waals surface area contributed by atoms with Crippen LogP contribution in [0.1, 0.15) is 5.69 Å². The molecule has 6 N–H and O–H groups in total. The first kappa shape index (κ1) is 13.5. The Morgan fingerprint density at radius 2 is 2.06 bits per heavy atom. The third-order valence-corrected chi connectivity index (χ3v) is 2.20. The van der Waals surface area contributed by atoms with Gasteiger partial charge in [0.2, 0.25) is 5.78 Å². The number of anilines is 1. The summed E-state index contributed by atoms with van der Waals surface area (Å²) in [4.78, 5) is 15.3. The highest BCUT2D eigenvalue weighted by Gasteiger charge is 2.09. The smallest absolute Gasteiger partial charge is 0.200 e. The van der Waals surface area contributed by atoms with Crippen LogP contribution in [0.2, 0.25) is 0 Å². The van der Waals surface area contributed by atoms with Gasteiger partial charge in [0, 0.05) is 7.05 Å². The maximum Gasteiger partial charge on any atom is 0.200 e. The molecule has 0 atom stereocenters. The molecular weight excluding hydrogens is 232 g/mol. The molecule has 0 radical (unpaired) electrons. The zero-order chi connectivity index (χ0) is 13.9. The fourth-order valence-corrected chi connectivity index (χ4v) is 1.24. The van der Waals surface area contributed by atoms with Crippen molar-refractivity contribution in [2.45, 2.75) is 6.92 Å². The van der Waals surface area contributed by atoms with Crippen molar-refractivity contribution in [3.05, 3.63) is 30.1 Å². The van der Waals surface area contributed by atoms with Gasteiger partial charge in [0.15, 0.2) is 0 Å². The number of rotatable bonds is 4. The van der Waals surface area contributed by atoms with Gasteiger partial charge in [-0.3, -0.25) is 9.48 Å². The summed E-state index contributed by atoms with van der Waals surface area (Å²) in [6, 6.07) is 0. The minimum absolute atomic E-state index is 0.0591. The fourth-order valence-electron chi connectivity index (χ4n) is 1.24. The van der Waals surface area contributed by atoms with Gasteiger partial charge in [-0.25, -0.2) is 4.99 Å². The molecule has 0 aliphatic heterocycles. The zero-order valence-corrected chi connectivity index (χ0v) is 10.3. The number of amidine groups is 1. The molecule has 7 heteroatoms. The number of nitrogen functional groups attached to an aromatic ring is 1. The summed E-state index contributed by atoms with van der Waals surface area (Å²) in [6.45, 7) is 5.07. The van der Waals surface area contributed by atoms with Crippen LogP contribution in [-0.4, -0.2) is 21.4 Å². The van der Waals surface area contributed by atoms with Crippen LogP contribution in [0, 0.1) is 6.92 Å². The fraction of sp³-hybridized carbons (Fsp3) is 0.182. The Kier molecular flexibility index (Phi) is 3.88. The van der Waals surface area contributed by atoms with E-state index in [0.29, 0.717) is 17.2 Å². The van der Waals surface area contributed by atoms with Gasteiger partial charge < -0.3 is 17.2 Å². The number of carbonyl (C=O) groups is 1. The number of aryl methyl sites for hydroxylation is 2. The van der Waals surface area contributed by atoms with Gasteiger partial charge in [0.05, 0.1) is 11.4 Å². The average molecular weight is 248 g/mol. The van der Waals surface area contributed by atoms with E-state index >= 15 is 0 Å². The minimum Gasteiger partial charge on any atom is -0.396 e. The molecule has 0 aliphatic carbocycles. The number of aromatic nitrogens is 2. The van der Waals surface area contributed by atoms with Crippen molar-refractivity contribution < 1.29 is 4.79 Å². The molecule has 18 heavy (non-hydrogen) atoms. The number of hydrogen-bond acceptors (Lipinski definition) is 5. The topological polar surface area (TPSA) is 125 Å². The molecule has 7 nitrogen and oxygen atoms in total. The molecule has 1 aromatic rings. The first-order valence-corrected chi connectivity index (χ1v) is 5.13. The van der Waals surface area contributed by atoms with Crippen molar-refractivity contribution in [3.63, 3.8) is 0 Å². The largest absolute Gasteiger partial charge is 0.396 e. The van der Waals surface area contributed by atoms with Crippen molar-refractivity contribution >= 4 is 23.1 Å². The van der Waals surface area contributed by atoms with E-state index in [4.69, 9.17) is 17.2 Å². The maximum absolute atomic E-state index is 11.2. The zero-order valence-electron chi connectivity index (χ0n) is 10.3. The first-order valence-electron chi connectivity index (χ1n) is 5.13. The van der Waals surface area contributed by atoms with E-state index in [9.17, 15) is 4.79 Å². The highest BCUT2D eigenvalue weighted by Crippen LogP contribution is 2.24. The Morgan fingerprint density at radius 3 is 2.50 bits per heavy atom. The van der Waals surface area contributed by atoms with Crippen molar-refractivity contribution in [1.29, 1.82) is 0 Å². The predicted octanol–water partition coefficient (Wildman–Crippen LogP) is -0.103. The van der Waals surface area contributed by atoms with Crippen LogP contribution in [-0.2, 0) is 11.8 Å². The summed E-state index contributed by atoms with van der Waals surface area (Å²) in [6.07, 6.45) is 2.54. The number of aliphatic imine (C=N–C) groups is 1. The summed E-state index contributed by atoms with van der Waals surface area (Å²) < 4.78 is 1.50. The average Bonchev–Trinajstić information content (AvgIpc) is 2.52. The van der Waals surface area contributed by atoms with Crippen molar-refractivity contribution in [3.8, 4) is 0 Å². The molecule has 1 aromatic heterocycles. The molecule has 0 bridgehead atoms. The molecule has 0 fully saturated rings. The SMILES string of the molecule is C=C(N)C(=O)/C=C\C(N)=Nc1c(C)nn(C)c1N. The second-order valence-corrected chi connectivity index (χ2v) is 3.70. The molecule has 0 saturated carbocycles. The second kappa shape index (κ2) is 5.17.